The second kappa shape index (κ2) is 25.8. The number of nitrogens with zero attached hydrogens (tertiary/aromatic N) is 6. The van der Waals surface area contributed by atoms with Gasteiger partial charge in [0.25, 0.3) is 0 Å². The first-order chi connectivity index (χ1) is 53.0. The molecule has 23 rings (SSSR count). The number of thiophene rings is 3. The van der Waals surface area contributed by atoms with Crippen LogP contribution in [0.1, 0.15) is 0 Å². The Balaban J connectivity index is 0.000000103. The molecule has 498 valence electrons. The van der Waals surface area contributed by atoms with Crippen molar-refractivity contribution in [3.05, 3.63) is 352 Å². The van der Waals surface area contributed by atoms with Crippen LogP contribution >= 0.6 is 34.0 Å². The molecule has 6 aromatic heterocycles. The topological polar surface area (TPSA) is 77.3 Å². The third-order valence-electron chi connectivity index (χ3n) is 20.8. The summed E-state index contributed by atoms with van der Waals surface area (Å²) in [5, 5.41) is 23.0. The van der Waals surface area contributed by atoms with E-state index in [9.17, 15) is 0 Å². The van der Waals surface area contributed by atoms with E-state index in [0.29, 0.717) is 0 Å². The number of hydrogen-bond donors (Lipinski definition) is 0. The summed E-state index contributed by atoms with van der Waals surface area (Å²) < 4.78 is 7.81. The molecule has 17 aromatic carbocycles. The van der Waals surface area contributed by atoms with Crippen LogP contribution in [0.2, 0.25) is 0 Å². The molecule has 0 saturated carbocycles. The quantitative estimate of drug-likeness (QED) is 0.154. The molecule has 0 spiro atoms. The summed E-state index contributed by atoms with van der Waals surface area (Å²) in [6.07, 6.45) is 0. The highest BCUT2D eigenvalue weighted by Crippen LogP contribution is 2.45. The van der Waals surface area contributed by atoms with Gasteiger partial charge in [0.1, 0.15) is 0 Å². The van der Waals surface area contributed by atoms with Crippen molar-refractivity contribution in [1.29, 1.82) is 0 Å². The number of aromatic nitrogens is 6. The Morgan fingerprint density at radius 3 is 1.03 bits per heavy atom. The lowest BCUT2D eigenvalue weighted by molar-refractivity contribution is 1.23. The number of rotatable bonds is 6. The smallest absolute Gasteiger partial charge is 0.161 e. The van der Waals surface area contributed by atoms with Crippen LogP contribution in [-0.2, 0) is 0 Å². The third kappa shape index (κ3) is 10.9. The third-order valence-corrected chi connectivity index (χ3v) is 24.2. The molecule has 0 fully saturated rings. The van der Waals surface area contributed by atoms with Gasteiger partial charge in [-0.2, -0.15) is 0 Å². The summed E-state index contributed by atoms with van der Waals surface area (Å²) in [6.45, 7) is 0. The van der Waals surface area contributed by atoms with Gasteiger partial charge in [-0.05, 0) is 121 Å². The zero-order valence-corrected chi connectivity index (χ0v) is 59.8. The molecular formula is C98H58N6S3. The van der Waals surface area contributed by atoms with Gasteiger partial charge in [0.2, 0.25) is 0 Å². The average molecular weight is 1420 g/mol. The van der Waals surface area contributed by atoms with E-state index in [1.807, 2.05) is 64.3 Å². The minimum atomic E-state index is 0.757. The molecule has 0 saturated heterocycles. The van der Waals surface area contributed by atoms with Crippen LogP contribution in [0.25, 0.3) is 215 Å². The SMILES string of the molecule is c1ccc(-c2nc(-c3cccc4cc5c(cc34)sc3ccccc35)nc3c2ccc2ccccc23)cc1.c1ccc(-c2nc(-c3cccc4cc5c(cc34)sc3ccccc35)nc3ccc4ccccc4c23)cc1.c1ccc(-c2nc(-c3cccc4cc5c(cc34)sc3ccccc35)nc3ccccc23)cc1. The Morgan fingerprint density at radius 1 is 0.178 bits per heavy atom. The van der Waals surface area contributed by atoms with E-state index in [4.69, 9.17) is 29.9 Å². The van der Waals surface area contributed by atoms with Crippen molar-refractivity contribution in [2.24, 2.45) is 0 Å². The normalized spacial score (nSPS) is 11.7. The predicted molar refractivity (Wildman–Crippen MR) is 457 cm³/mol. The fourth-order valence-electron chi connectivity index (χ4n) is 15.7. The Bertz CT molecular complexity index is 7520. The molecule has 0 atom stereocenters. The zero-order chi connectivity index (χ0) is 70.5. The second-order valence-electron chi connectivity index (χ2n) is 27.1. The van der Waals surface area contributed by atoms with E-state index in [1.165, 1.54) is 109 Å². The fourth-order valence-corrected chi connectivity index (χ4v) is 19.1. The van der Waals surface area contributed by atoms with Gasteiger partial charge in [-0.3, -0.25) is 0 Å². The molecule has 0 N–H and O–H groups in total. The van der Waals surface area contributed by atoms with Gasteiger partial charge in [-0.1, -0.05) is 279 Å². The summed E-state index contributed by atoms with van der Waals surface area (Å²) in [4.78, 5) is 30.9. The van der Waals surface area contributed by atoms with Gasteiger partial charge in [0.15, 0.2) is 17.5 Å². The van der Waals surface area contributed by atoms with E-state index < -0.39 is 0 Å². The Hall–Kier alpha value is -13.3. The van der Waals surface area contributed by atoms with Crippen LogP contribution in [0.3, 0.4) is 0 Å². The average Bonchev–Trinajstić information content (AvgIpc) is 1.54. The van der Waals surface area contributed by atoms with Crippen molar-refractivity contribution in [2.75, 3.05) is 0 Å². The maximum atomic E-state index is 5.26. The van der Waals surface area contributed by atoms with E-state index in [2.05, 4.69) is 322 Å². The minimum Gasteiger partial charge on any atom is -0.228 e. The van der Waals surface area contributed by atoms with E-state index in [-0.39, 0.29) is 0 Å². The van der Waals surface area contributed by atoms with Crippen molar-refractivity contribution in [2.45, 2.75) is 0 Å². The number of hydrogen-bond acceptors (Lipinski definition) is 9. The molecule has 0 aliphatic carbocycles. The van der Waals surface area contributed by atoms with Crippen LogP contribution in [0.4, 0.5) is 0 Å². The fraction of sp³-hybridized carbons (Fsp3) is 0. The molecule has 6 nitrogen and oxygen atoms in total. The van der Waals surface area contributed by atoms with Crippen molar-refractivity contribution in [1.82, 2.24) is 29.9 Å². The Morgan fingerprint density at radius 2 is 0.533 bits per heavy atom. The highest BCUT2D eigenvalue weighted by Gasteiger charge is 2.21. The summed E-state index contributed by atoms with van der Waals surface area (Å²) in [5.74, 6) is 2.28. The van der Waals surface area contributed by atoms with Crippen LogP contribution < -0.4 is 0 Å². The number of fused-ring (bicyclic) bond motifs is 19. The first-order valence-electron chi connectivity index (χ1n) is 35.9. The standard InChI is InChI=1S/2C34H20N2S.C30H18N2S/c1-2-10-22(11-3-1)33-32-24-13-5-4-9-21(24)17-18-29(32)35-34(36-33)26-15-8-12-23-19-28-25-14-6-7-16-30(25)37-31(28)20-27(23)26;1-2-10-22(11-3-1)32-27-18-17-21-9-4-5-13-24(21)33(27)36-34(35-32)26-15-8-12-23-19-29-25-14-6-7-16-30(25)37-31(29)20-28(23)26;1-2-9-19(10-3-1)29-23-13-4-6-15-26(23)31-30(32-29)22-14-8-11-20-17-25-21-12-5-7-16-27(21)33-28(25)18-24(20)22/h2*1-20H;1-18H. The predicted octanol–water partition coefficient (Wildman–Crippen LogP) is 27.8. The summed E-state index contributed by atoms with van der Waals surface area (Å²) >= 11 is 5.53. The number of benzene rings is 17. The molecule has 0 radical (unpaired) electrons. The molecule has 0 aliphatic rings. The molecule has 0 aliphatic heterocycles. The lowest BCUT2D eigenvalue weighted by atomic mass is 9.98. The second-order valence-corrected chi connectivity index (χ2v) is 30.3. The van der Waals surface area contributed by atoms with Crippen LogP contribution in [-0.4, -0.2) is 29.9 Å². The van der Waals surface area contributed by atoms with Gasteiger partial charge < -0.3 is 0 Å². The lowest BCUT2D eigenvalue weighted by Crippen LogP contribution is -1.96. The summed E-state index contributed by atoms with van der Waals surface area (Å²) in [5.41, 5.74) is 12.3. The Kier molecular flexibility index (Phi) is 15.0. The van der Waals surface area contributed by atoms with Gasteiger partial charge >= 0.3 is 0 Å². The number of para-hydroxylation sites is 1. The molecule has 0 unspecified atom stereocenters. The van der Waals surface area contributed by atoms with Gasteiger partial charge in [-0.15, -0.1) is 34.0 Å². The lowest BCUT2D eigenvalue weighted by Gasteiger charge is -2.13. The maximum Gasteiger partial charge on any atom is 0.161 e. The van der Waals surface area contributed by atoms with E-state index in [0.717, 1.165) is 106 Å². The Labute approximate surface area is 626 Å². The van der Waals surface area contributed by atoms with Crippen LogP contribution in [0, 0.1) is 0 Å². The highest BCUT2D eigenvalue weighted by molar-refractivity contribution is 7.26. The van der Waals surface area contributed by atoms with E-state index >= 15 is 0 Å². The molecule has 0 bridgehead atoms. The first-order valence-corrected chi connectivity index (χ1v) is 38.3. The van der Waals surface area contributed by atoms with E-state index in [1.54, 1.807) is 0 Å². The molecule has 6 heterocycles. The van der Waals surface area contributed by atoms with Crippen molar-refractivity contribution in [3.63, 3.8) is 0 Å². The minimum absolute atomic E-state index is 0.757. The van der Waals surface area contributed by atoms with Gasteiger partial charge in [-0.25, -0.2) is 29.9 Å². The van der Waals surface area contributed by atoms with Gasteiger partial charge in [0.05, 0.1) is 33.6 Å². The first kappa shape index (κ1) is 62.3. The summed E-state index contributed by atoms with van der Waals surface area (Å²) in [6, 6.07) is 124. The van der Waals surface area contributed by atoms with Crippen LogP contribution in [0.15, 0.2) is 352 Å². The molecular weight excluding hydrogens is 1360 g/mol. The monoisotopic (exact) mass is 1410 g/mol. The molecule has 9 heteroatoms. The van der Waals surface area contributed by atoms with Gasteiger partial charge in [0, 0.05) is 115 Å². The zero-order valence-electron chi connectivity index (χ0n) is 57.4. The largest absolute Gasteiger partial charge is 0.228 e. The van der Waals surface area contributed by atoms with Crippen molar-refractivity contribution >= 4 is 181 Å². The molecule has 107 heavy (non-hydrogen) atoms. The highest BCUT2D eigenvalue weighted by atomic mass is 32.1. The maximum absolute atomic E-state index is 5.26. The van der Waals surface area contributed by atoms with Crippen molar-refractivity contribution < 1.29 is 0 Å². The molecule has 0 amide bonds. The molecule has 23 aromatic rings. The van der Waals surface area contributed by atoms with Crippen LogP contribution in [0.5, 0.6) is 0 Å². The van der Waals surface area contributed by atoms with Crippen molar-refractivity contribution in [3.8, 4) is 67.9 Å². The summed E-state index contributed by atoms with van der Waals surface area (Å²) in [7, 11) is 0.